The van der Waals surface area contributed by atoms with Crippen molar-refractivity contribution in [3.63, 3.8) is 0 Å². The fourth-order valence-electron chi connectivity index (χ4n) is 1.68. The Hall–Kier alpha value is -0.920. The van der Waals surface area contributed by atoms with Crippen LogP contribution in [0, 0.1) is 0 Å². The third kappa shape index (κ3) is 5.76. The van der Waals surface area contributed by atoms with Crippen molar-refractivity contribution in [3.05, 3.63) is 32.7 Å². The molecule has 0 aliphatic rings. The lowest BCUT2D eigenvalue weighted by Crippen LogP contribution is -2.36. The van der Waals surface area contributed by atoms with Gasteiger partial charge in [0.2, 0.25) is 0 Å². The first-order chi connectivity index (χ1) is 9.99. The molecule has 0 N–H and O–H groups in total. The summed E-state index contributed by atoms with van der Waals surface area (Å²) in [5, 5.41) is 0. The molecule has 0 bridgehead atoms. The topological polar surface area (TPSA) is 55.8 Å². The summed E-state index contributed by atoms with van der Waals surface area (Å²) in [6, 6.07) is 5.38. The summed E-state index contributed by atoms with van der Waals surface area (Å²) in [4.78, 5) is 25.4. The second kappa shape index (κ2) is 9.17. The van der Waals surface area contributed by atoms with Gasteiger partial charge in [0.05, 0.1) is 25.7 Å². The number of ether oxygens (including phenoxy) is 2. The van der Waals surface area contributed by atoms with Crippen molar-refractivity contribution in [1.82, 2.24) is 4.90 Å². The number of benzene rings is 1. The van der Waals surface area contributed by atoms with Gasteiger partial charge < -0.3 is 14.4 Å². The Morgan fingerprint density at radius 3 is 2.52 bits per heavy atom. The van der Waals surface area contributed by atoms with Gasteiger partial charge in [0.1, 0.15) is 0 Å². The summed E-state index contributed by atoms with van der Waals surface area (Å²) in [6.07, 6.45) is 0.150. The van der Waals surface area contributed by atoms with E-state index in [1.54, 1.807) is 24.1 Å². The van der Waals surface area contributed by atoms with Crippen LogP contribution < -0.4 is 0 Å². The standard InChI is InChI=1S/C14H17Br2NO4/c1-20-8-7-17(6-5-13(18)21-2)14(19)11-9-10(15)3-4-12(11)16/h3-4,9H,5-8H2,1-2H3. The molecule has 1 aromatic carbocycles. The summed E-state index contributed by atoms with van der Waals surface area (Å²) in [5.74, 6) is -0.511. The fourth-order valence-corrected chi connectivity index (χ4v) is 2.45. The van der Waals surface area contributed by atoms with Crippen LogP contribution >= 0.6 is 31.9 Å². The highest BCUT2D eigenvalue weighted by molar-refractivity contribution is 9.11. The minimum absolute atomic E-state index is 0.150. The fraction of sp³-hybridized carbons (Fsp3) is 0.429. The summed E-state index contributed by atoms with van der Waals surface area (Å²) in [5.41, 5.74) is 0.533. The van der Waals surface area contributed by atoms with Gasteiger partial charge in [0, 0.05) is 29.1 Å². The van der Waals surface area contributed by atoms with Gasteiger partial charge in [-0.15, -0.1) is 0 Å². The zero-order valence-electron chi connectivity index (χ0n) is 11.9. The van der Waals surface area contributed by atoms with Gasteiger partial charge in [-0.2, -0.15) is 0 Å². The SMILES string of the molecule is COCCN(CCC(=O)OC)C(=O)c1cc(Br)ccc1Br. The molecule has 0 atom stereocenters. The Kier molecular flexibility index (Phi) is 7.92. The molecule has 0 aromatic heterocycles. The summed E-state index contributed by atoms with van der Waals surface area (Å²) in [6.45, 7) is 1.09. The number of hydrogen-bond acceptors (Lipinski definition) is 4. The zero-order chi connectivity index (χ0) is 15.8. The van der Waals surface area contributed by atoms with Crippen molar-refractivity contribution in [2.24, 2.45) is 0 Å². The first-order valence-corrected chi connectivity index (χ1v) is 7.88. The van der Waals surface area contributed by atoms with E-state index in [0.29, 0.717) is 23.2 Å². The van der Waals surface area contributed by atoms with Crippen LogP contribution in [0.2, 0.25) is 0 Å². The number of carbonyl (C=O) groups is 2. The van der Waals surface area contributed by atoms with Crippen molar-refractivity contribution in [3.8, 4) is 0 Å². The van der Waals surface area contributed by atoms with E-state index in [1.165, 1.54) is 7.11 Å². The molecule has 0 saturated heterocycles. The predicted octanol–water partition coefficient (Wildman–Crippen LogP) is 2.86. The van der Waals surface area contributed by atoms with E-state index in [-0.39, 0.29) is 24.8 Å². The smallest absolute Gasteiger partial charge is 0.307 e. The first-order valence-electron chi connectivity index (χ1n) is 6.29. The second-order valence-corrected chi connectivity index (χ2v) is 6.01. The van der Waals surface area contributed by atoms with Gasteiger partial charge in [-0.25, -0.2) is 0 Å². The molecule has 21 heavy (non-hydrogen) atoms. The lowest BCUT2D eigenvalue weighted by atomic mass is 10.2. The van der Waals surface area contributed by atoms with Crippen molar-refractivity contribution in [2.75, 3.05) is 33.9 Å². The molecule has 0 aliphatic carbocycles. The van der Waals surface area contributed by atoms with Crippen molar-refractivity contribution >= 4 is 43.7 Å². The lowest BCUT2D eigenvalue weighted by molar-refractivity contribution is -0.140. The van der Waals surface area contributed by atoms with E-state index in [1.807, 2.05) is 6.07 Å². The van der Waals surface area contributed by atoms with E-state index in [4.69, 9.17) is 4.74 Å². The van der Waals surface area contributed by atoms with E-state index < -0.39 is 0 Å². The highest BCUT2D eigenvalue weighted by atomic mass is 79.9. The van der Waals surface area contributed by atoms with Crippen LogP contribution in [-0.2, 0) is 14.3 Å². The third-order valence-electron chi connectivity index (χ3n) is 2.82. The molecule has 0 fully saturated rings. The van der Waals surface area contributed by atoms with Crippen LogP contribution in [-0.4, -0.2) is 50.7 Å². The Morgan fingerprint density at radius 1 is 1.19 bits per heavy atom. The minimum Gasteiger partial charge on any atom is -0.469 e. The van der Waals surface area contributed by atoms with Gasteiger partial charge in [0.25, 0.3) is 5.91 Å². The van der Waals surface area contributed by atoms with Crippen LogP contribution in [0.3, 0.4) is 0 Å². The minimum atomic E-state index is -0.349. The molecule has 1 rings (SSSR count). The number of amides is 1. The Labute approximate surface area is 140 Å². The largest absolute Gasteiger partial charge is 0.469 e. The molecule has 5 nitrogen and oxygen atoms in total. The van der Waals surface area contributed by atoms with Crippen LogP contribution in [0.1, 0.15) is 16.8 Å². The average molecular weight is 423 g/mol. The van der Waals surface area contributed by atoms with Crippen molar-refractivity contribution < 1.29 is 19.1 Å². The molecule has 0 saturated carbocycles. The van der Waals surface area contributed by atoms with Gasteiger partial charge in [-0.05, 0) is 34.1 Å². The second-order valence-electron chi connectivity index (χ2n) is 4.24. The summed E-state index contributed by atoms with van der Waals surface area (Å²) in [7, 11) is 2.90. The quantitative estimate of drug-likeness (QED) is 0.634. The first kappa shape index (κ1) is 18.1. The van der Waals surface area contributed by atoms with Gasteiger partial charge >= 0.3 is 5.97 Å². The van der Waals surface area contributed by atoms with Crippen LogP contribution in [0.15, 0.2) is 27.1 Å². The van der Waals surface area contributed by atoms with Crippen LogP contribution in [0.5, 0.6) is 0 Å². The molecule has 0 radical (unpaired) electrons. The maximum atomic E-state index is 12.6. The lowest BCUT2D eigenvalue weighted by Gasteiger charge is -2.22. The summed E-state index contributed by atoms with van der Waals surface area (Å²) >= 11 is 6.72. The maximum Gasteiger partial charge on any atom is 0.307 e. The number of carbonyl (C=O) groups excluding carboxylic acids is 2. The van der Waals surface area contributed by atoms with Crippen molar-refractivity contribution in [2.45, 2.75) is 6.42 Å². The van der Waals surface area contributed by atoms with Crippen LogP contribution in [0.25, 0.3) is 0 Å². The molecule has 0 aliphatic heterocycles. The van der Waals surface area contributed by atoms with E-state index in [2.05, 4.69) is 36.6 Å². The van der Waals surface area contributed by atoms with E-state index in [9.17, 15) is 9.59 Å². The normalized spacial score (nSPS) is 10.3. The monoisotopic (exact) mass is 421 g/mol. The molecule has 0 unspecified atom stereocenters. The number of nitrogens with zero attached hydrogens (tertiary/aromatic N) is 1. The molecule has 116 valence electrons. The highest BCUT2D eigenvalue weighted by Gasteiger charge is 2.19. The Balaban J connectivity index is 2.87. The molecule has 0 heterocycles. The van der Waals surface area contributed by atoms with Gasteiger partial charge in [0.15, 0.2) is 0 Å². The molecular formula is C14H17Br2NO4. The number of esters is 1. The van der Waals surface area contributed by atoms with Gasteiger partial charge in [-0.3, -0.25) is 9.59 Å². The zero-order valence-corrected chi connectivity index (χ0v) is 15.1. The predicted molar refractivity (Wildman–Crippen MR) is 86.3 cm³/mol. The number of hydrogen-bond donors (Lipinski definition) is 0. The van der Waals surface area contributed by atoms with Gasteiger partial charge in [-0.1, -0.05) is 15.9 Å². The highest BCUT2D eigenvalue weighted by Crippen LogP contribution is 2.23. The van der Waals surface area contributed by atoms with E-state index >= 15 is 0 Å². The Bertz CT molecular complexity index is 508. The molecule has 0 spiro atoms. The third-order valence-corrected chi connectivity index (χ3v) is 4.01. The van der Waals surface area contributed by atoms with Crippen molar-refractivity contribution in [1.29, 1.82) is 0 Å². The van der Waals surface area contributed by atoms with Crippen LogP contribution in [0.4, 0.5) is 0 Å². The molecule has 7 heteroatoms. The molecule has 1 amide bonds. The Morgan fingerprint density at radius 2 is 1.90 bits per heavy atom. The maximum absolute atomic E-state index is 12.6. The molecular weight excluding hydrogens is 406 g/mol. The number of rotatable bonds is 7. The number of methoxy groups -OCH3 is 2. The van der Waals surface area contributed by atoms with E-state index in [0.717, 1.165) is 4.47 Å². The summed E-state index contributed by atoms with van der Waals surface area (Å²) < 4.78 is 11.1. The average Bonchev–Trinajstić information content (AvgIpc) is 2.48. The molecule has 1 aromatic rings. The number of halogens is 2.